The number of nitrogens with zero attached hydrogens (tertiary/aromatic N) is 4. The van der Waals surface area contributed by atoms with Crippen LogP contribution in [0.1, 0.15) is 18.0 Å². The van der Waals surface area contributed by atoms with Gasteiger partial charge in [0, 0.05) is 11.1 Å². The van der Waals surface area contributed by atoms with Crippen LogP contribution < -0.4 is 9.64 Å². The Morgan fingerprint density at radius 3 is 2.46 bits per heavy atom. The molecule has 37 heavy (non-hydrogen) atoms. The van der Waals surface area contributed by atoms with Crippen LogP contribution in [0.15, 0.2) is 72.9 Å². The SMILES string of the molecule is COc1cccc(-c2ccc(-c3cn(C4CCc5c(F)cccc5N(CC(F)(F)F)C4=O)nn3)cc2)c1. The quantitative estimate of drug-likeness (QED) is 0.317. The summed E-state index contributed by atoms with van der Waals surface area (Å²) in [6.07, 6.45) is -2.97. The van der Waals surface area contributed by atoms with Gasteiger partial charge in [0.1, 0.15) is 29.8 Å². The van der Waals surface area contributed by atoms with Gasteiger partial charge in [-0.2, -0.15) is 13.2 Å². The highest BCUT2D eigenvalue weighted by molar-refractivity contribution is 5.97. The maximum Gasteiger partial charge on any atom is 0.406 e. The van der Waals surface area contributed by atoms with Crippen LogP contribution in [0.3, 0.4) is 0 Å². The van der Waals surface area contributed by atoms with E-state index in [4.69, 9.17) is 4.74 Å². The van der Waals surface area contributed by atoms with Crippen LogP contribution in [0, 0.1) is 5.82 Å². The van der Waals surface area contributed by atoms with Crippen molar-refractivity contribution in [3.05, 3.63) is 84.3 Å². The number of halogens is 4. The minimum absolute atomic E-state index is 0.0710. The van der Waals surface area contributed by atoms with Crippen molar-refractivity contribution in [3.8, 4) is 28.1 Å². The standard InChI is InChI=1S/C27H22F4N4O2/c1-37-20-5-2-4-19(14-20)17-8-10-18(11-9-17)23-15-35(33-32-23)25-13-12-21-22(28)6-3-7-24(21)34(26(25)36)16-27(29,30)31/h2-11,14-15,25H,12-13,16H2,1H3. The first-order valence-corrected chi connectivity index (χ1v) is 11.6. The van der Waals surface area contributed by atoms with Gasteiger partial charge in [-0.1, -0.05) is 47.7 Å². The third-order valence-electron chi connectivity index (χ3n) is 6.35. The molecule has 6 nitrogen and oxygen atoms in total. The van der Waals surface area contributed by atoms with E-state index in [0.29, 0.717) is 10.6 Å². The molecular weight excluding hydrogens is 488 g/mol. The van der Waals surface area contributed by atoms with Crippen LogP contribution in [0.5, 0.6) is 5.75 Å². The number of hydrogen-bond acceptors (Lipinski definition) is 4. The van der Waals surface area contributed by atoms with Crippen molar-refractivity contribution in [3.63, 3.8) is 0 Å². The Morgan fingerprint density at radius 1 is 1.00 bits per heavy atom. The zero-order valence-electron chi connectivity index (χ0n) is 19.7. The molecule has 0 N–H and O–H groups in total. The van der Waals surface area contributed by atoms with Crippen molar-refractivity contribution >= 4 is 11.6 Å². The van der Waals surface area contributed by atoms with Crippen LogP contribution in [-0.2, 0) is 11.2 Å². The smallest absolute Gasteiger partial charge is 0.406 e. The predicted octanol–water partition coefficient (Wildman–Crippen LogP) is 5.84. The molecule has 0 radical (unpaired) electrons. The number of aromatic nitrogens is 3. The lowest BCUT2D eigenvalue weighted by Crippen LogP contribution is -2.42. The highest BCUT2D eigenvalue weighted by Gasteiger charge is 2.40. The van der Waals surface area contributed by atoms with Crippen molar-refractivity contribution < 1.29 is 27.1 Å². The molecule has 0 saturated heterocycles. The van der Waals surface area contributed by atoms with Crippen molar-refractivity contribution in [1.29, 1.82) is 0 Å². The van der Waals surface area contributed by atoms with Gasteiger partial charge in [0.05, 0.1) is 19.0 Å². The average Bonchev–Trinajstić information content (AvgIpc) is 3.33. The van der Waals surface area contributed by atoms with Crippen molar-refractivity contribution in [1.82, 2.24) is 15.0 Å². The molecule has 1 unspecified atom stereocenters. The Morgan fingerprint density at radius 2 is 1.73 bits per heavy atom. The van der Waals surface area contributed by atoms with E-state index in [1.807, 2.05) is 48.5 Å². The number of rotatable bonds is 5. The average molecular weight is 510 g/mol. The van der Waals surface area contributed by atoms with E-state index in [9.17, 15) is 22.4 Å². The van der Waals surface area contributed by atoms with E-state index in [1.54, 1.807) is 7.11 Å². The number of fused-ring (bicyclic) bond motifs is 1. The van der Waals surface area contributed by atoms with Crippen molar-refractivity contribution in [2.24, 2.45) is 0 Å². The third kappa shape index (κ3) is 5.04. The van der Waals surface area contributed by atoms with Crippen molar-refractivity contribution in [2.75, 3.05) is 18.6 Å². The molecule has 190 valence electrons. The number of carbonyl (C=O) groups excluding carboxylic acids is 1. The maximum absolute atomic E-state index is 14.5. The Balaban J connectivity index is 1.43. The molecule has 0 spiro atoms. The second kappa shape index (κ2) is 9.68. The molecule has 0 saturated carbocycles. The Labute approximate surface area is 210 Å². The maximum atomic E-state index is 14.5. The molecule has 1 atom stereocenters. The van der Waals surface area contributed by atoms with Gasteiger partial charge in [0.15, 0.2) is 0 Å². The second-order valence-electron chi connectivity index (χ2n) is 8.72. The number of benzene rings is 3. The normalized spacial score (nSPS) is 15.9. The molecule has 2 heterocycles. The molecule has 0 fully saturated rings. The van der Waals surface area contributed by atoms with E-state index in [1.165, 1.54) is 29.1 Å². The summed E-state index contributed by atoms with van der Waals surface area (Å²) >= 11 is 0. The lowest BCUT2D eigenvalue weighted by atomic mass is 10.0. The molecular formula is C27H22F4N4O2. The van der Waals surface area contributed by atoms with Crippen molar-refractivity contribution in [2.45, 2.75) is 25.1 Å². The topological polar surface area (TPSA) is 60.2 Å². The number of carbonyl (C=O) groups is 1. The first kappa shape index (κ1) is 24.5. The van der Waals surface area contributed by atoms with Crippen LogP contribution >= 0.6 is 0 Å². The second-order valence-corrected chi connectivity index (χ2v) is 8.72. The minimum atomic E-state index is -4.66. The van der Waals surface area contributed by atoms with Crippen LogP contribution in [0.25, 0.3) is 22.4 Å². The van der Waals surface area contributed by atoms with Gasteiger partial charge in [-0.25, -0.2) is 9.07 Å². The summed E-state index contributed by atoms with van der Waals surface area (Å²) in [5.74, 6) is -0.723. The molecule has 5 rings (SSSR count). The summed E-state index contributed by atoms with van der Waals surface area (Å²) in [5.41, 5.74) is 3.11. The van der Waals surface area contributed by atoms with Gasteiger partial charge in [-0.3, -0.25) is 4.79 Å². The largest absolute Gasteiger partial charge is 0.497 e. The molecule has 10 heteroatoms. The molecule has 3 aromatic carbocycles. The molecule has 1 aliphatic rings. The van der Waals surface area contributed by atoms with Gasteiger partial charge in [-0.05, 0) is 48.2 Å². The molecule has 1 aromatic heterocycles. The monoisotopic (exact) mass is 510 g/mol. The molecule has 4 aromatic rings. The van der Waals surface area contributed by atoms with E-state index in [0.717, 1.165) is 22.4 Å². The number of alkyl halides is 3. The Hall–Kier alpha value is -4.21. The highest BCUT2D eigenvalue weighted by Crippen LogP contribution is 2.35. The Bertz CT molecular complexity index is 1430. The summed E-state index contributed by atoms with van der Waals surface area (Å²) in [5, 5.41) is 8.20. The summed E-state index contributed by atoms with van der Waals surface area (Å²) in [7, 11) is 1.60. The zero-order valence-corrected chi connectivity index (χ0v) is 19.7. The fourth-order valence-electron chi connectivity index (χ4n) is 4.54. The predicted molar refractivity (Wildman–Crippen MR) is 130 cm³/mol. The van der Waals surface area contributed by atoms with E-state index >= 15 is 0 Å². The first-order chi connectivity index (χ1) is 17.7. The molecule has 1 aliphatic heterocycles. The fourth-order valence-corrected chi connectivity index (χ4v) is 4.54. The lowest BCUT2D eigenvalue weighted by molar-refractivity contribution is -0.134. The van der Waals surface area contributed by atoms with E-state index < -0.39 is 30.5 Å². The van der Waals surface area contributed by atoms with Gasteiger partial charge in [-0.15, -0.1) is 5.10 Å². The molecule has 0 aliphatic carbocycles. The van der Waals surface area contributed by atoms with E-state index in [-0.39, 0.29) is 24.1 Å². The lowest BCUT2D eigenvalue weighted by Gasteiger charge is -2.26. The number of amides is 1. The number of methoxy groups -OCH3 is 1. The summed E-state index contributed by atoms with van der Waals surface area (Å²) in [4.78, 5) is 13.9. The van der Waals surface area contributed by atoms with Gasteiger partial charge >= 0.3 is 6.18 Å². The molecule has 0 bridgehead atoms. The first-order valence-electron chi connectivity index (χ1n) is 11.6. The van der Waals surface area contributed by atoms with Gasteiger partial charge in [0.25, 0.3) is 5.91 Å². The minimum Gasteiger partial charge on any atom is -0.497 e. The molecule has 1 amide bonds. The van der Waals surface area contributed by atoms with Crippen LogP contribution in [0.2, 0.25) is 0 Å². The number of hydrogen-bond donors (Lipinski definition) is 0. The fraction of sp³-hybridized carbons (Fsp3) is 0.222. The number of ether oxygens (including phenoxy) is 1. The summed E-state index contributed by atoms with van der Waals surface area (Å²) in [6, 6.07) is 17.9. The Kier molecular flexibility index (Phi) is 6.41. The van der Waals surface area contributed by atoms with Gasteiger partial charge < -0.3 is 9.64 Å². The number of anilines is 1. The van der Waals surface area contributed by atoms with Crippen LogP contribution in [0.4, 0.5) is 23.2 Å². The van der Waals surface area contributed by atoms with E-state index in [2.05, 4.69) is 10.3 Å². The summed E-state index contributed by atoms with van der Waals surface area (Å²) in [6.45, 7) is -1.52. The summed E-state index contributed by atoms with van der Waals surface area (Å²) < 4.78 is 61.1. The highest BCUT2D eigenvalue weighted by atomic mass is 19.4. The van der Waals surface area contributed by atoms with Crippen LogP contribution in [-0.4, -0.2) is 40.7 Å². The van der Waals surface area contributed by atoms with Gasteiger partial charge in [0.2, 0.25) is 0 Å². The third-order valence-corrected chi connectivity index (χ3v) is 6.35. The zero-order chi connectivity index (χ0) is 26.2.